The first kappa shape index (κ1) is 12.7. The van der Waals surface area contributed by atoms with E-state index in [2.05, 4.69) is 0 Å². The zero-order valence-electron chi connectivity index (χ0n) is 9.86. The Labute approximate surface area is 96.3 Å². The quantitative estimate of drug-likeness (QED) is 0.800. The molecule has 3 nitrogen and oxygen atoms in total. The molecule has 0 saturated carbocycles. The zero-order chi connectivity index (χ0) is 12.2. The van der Waals surface area contributed by atoms with E-state index in [1.807, 2.05) is 38.1 Å². The van der Waals surface area contributed by atoms with Crippen LogP contribution in [0.2, 0.25) is 0 Å². The molecule has 0 aromatic heterocycles. The summed E-state index contributed by atoms with van der Waals surface area (Å²) in [4.78, 5) is 11.5. The largest absolute Gasteiger partial charge is 0.481 e. The third-order valence-corrected chi connectivity index (χ3v) is 3.01. The maximum absolute atomic E-state index is 11.5. The van der Waals surface area contributed by atoms with Gasteiger partial charge in [-0.05, 0) is 18.9 Å². The fourth-order valence-corrected chi connectivity index (χ4v) is 2.05. The van der Waals surface area contributed by atoms with Gasteiger partial charge in [0.2, 0.25) is 0 Å². The smallest absolute Gasteiger partial charge is 0.315 e. The molecule has 1 unspecified atom stereocenters. The summed E-state index contributed by atoms with van der Waals surface area (Å²) in [5, 5.41) is 9.42. The molecule has 0 fully saturated rings. The minimum atomic E-state index is -0.930. The van der Waals surface area contributed by atoms with Crippen LogP contribution in [0.3, 0.4) is 0 Å². The van der Waals surface area contributed by atoms with Gasteiger partial charge in [0.05, 0.1) is 0 Å². The summed E-state index contributed by atoms with van der Waals surface area (Å²) in [5.41, 5.74) is 6.64. The number of rotatable bonds is 5. The van der Waals surface area contributed by atoms with Gasteiger partial charge in [-0.1, -0.05) is 43.2 Å². The molecule has 3 heteroatoms. The molecule has 1 aromatic carbocycles. The minimum absolute atomic E-state index is 0.139. The molecule has 16 heavy (non-hydrogen) atoms. The predicted molar refractivity (Wildman–Crippen MR) is 64.5 cm³/mol. The highest BCUT2D eigenvalue weighted by Gasteiger charge is 2.38. The fraction of sp³-hybridized carbons (Fsp3) is 0.462. The van der Waals surface area contributed by atoms with Crippen LogP contribution in [-0.2, 0) is 10.2 Å². The van der Waals surface area contributed by atoms with Crippen molar-refractivity contribution in [1.82, 2.24) is 0 Å². The Morgan fingerprint density at radius 2 is 2.19 bits per heavy atom. The Hall–Kier alpha value is -1.35. The summed E-state index contributed by atoms with van der Waals surface area (Å²) in [7, 11) is 0. The van der Waals surface area contributed by atoms with Crippen LogP contribution in [0.15, 0.2) is 24.3 Å². The molecule has 0 heterocycles. The third kappa shape index (κ3) is 2.25. The van der Waals surface area contributed by atoms with E-state index >= 15 is 0 Å². The first-order chi connectivity index (χ1) is 7.56. The first-order valence-corrected chi connectivity index (χ1v) is 5.57. The highest BCUT2D eigenvalue weighted by Crippen LogP contribution is 2.29. The average Bonchev–Trinajstić information content (AvgIpc) is 2.25. The van der Waals surface area contributed by atoms with Gasteiger partial charge in [0.25, 0.3) is 0 Å². The van der Waals surface area contributed by atoms with E-state index in [4.69, 9.17) is 5.73 Å². The predicted octanol–water partition coefficient (Wildman–Crippen LogP) is 2.08. The Morgan fingerprint density at radius 1 is 1.50 bits per heavy atom. The van der Waals surface area contributed by atoms with Crippen molar-refractivity contribution in [2.45, 2.75) is 32.1 Å². The Morgan fingerprint density at radius 3 is 2.62 bits per heavy atom. The van der Waals surface area contributed by atoms with E-state index < -0.39 is 11.4 Å². The molecule has 1 rings (SSSR count). The van der Waals surface area contributed by atoms with Gasteiger partial charge in [0.15, 0.2) is 0 Å². The molecule has 0 spiro atoms. The van der Waals surface area contributed by atoms with Crippen LogP contribution in [0.25, 0.3) is 0 Å². The molecule has 0 aliphatic carbocycles. The second kappa shape index (κ2) is 5.12. The molecule has 88 valence electrons. The van der Waals surface area contributed by atoms with E-state index in [1.165, 1.54) is 0 Å². The molecule has 0 radical (unpaired) electrons. The van der Waals surface area contributed by atoms with E-state index in [9.17, 15) is 9.90 Å². The van der Waals surface area contributed by atoms with Gasteiger partial charge in [-0.25, -0.2) is 0 Å². The lowest BCUT2D eigenvalue weighted by Gasteiger charge is -2.28. The molecule has 1 aromatic rings. The van der Waals surface area contributed by atoms with Crippen molar-refractivity contribution in [2.24, 2.45) is 5.73 Å². The van der Waals surface area contributed by atoms with Crippen LogP contribution in [0.1, 0.15) is 30.9 Å². The van der Waals surface area contributed by atoms with Crippen LogP contribution < -0.4 is 5.73 Å². The van der Waals surface area contributed by atoms with Gasteiger partial charge in [-0.15, -0.1) is 0 Å². The number of hydrogen-bond donors (Lipinski definition) is 2. The lowest BCUT2D eigenvalue weighted by molar-refractivity contribution is -0.143. The van der Waals surface area contributed by atoms with E-state index in [1.54, 1.807) is 0 Å². The molecular weight excluding hydrogens is 202 g/mol. The van der Waals surface area contributed by atoms with Crippen LogP contribution in [-0.4, -0.2) is 17.6 Å². The maximum Gasteiger partial charge on any atom is 0.315 e. The fourth-order valence-electron chi connectivity index (χ4n) is 2.05. The SMILES string of the molecule is CCCC(CN)(C(=O)O)c1cccc(C)c1. The van der Waals surface area contributed by atoms with Crippen molar-refractivity contribution in [1.29, 1.82) is 0 Å². The first-order valence-electron chi connectivity index (χ1n) is 5.57. The molecule has 0 saturated heterocycles. The van der Waals surface area contributed by atoms with Gasteiger partial charge in [-0.3, -0.25) is 4.79 Å². The molecule has 0 aliphatic heterocycles. The lowest BCUT2D eigenvalue weighted by Crippen LogP contribution is -2.42. The molecule has 3 N–H and O–H groups in total. The van der Waals surface area contributed by atoms with Gasteiger partial charge < -0.3 is 10.8 Å². The number of hydrogen-bond acceptors (Lipinski definition) is 2. The van der Waals surface area contributed by atoms with Crippen molar-refractivity contribution in [2.75, 3.05) is 6.54 Å². The number of benzene rings is 1. The van der Waals surface area contributed by atoms with Crippen LogP contribution in [0.4, 0.5) is 0 Å². The monoisotopic (exact) mass is 221 g/mol. The number of aryl methyl sites for hydroxylation is 1. The van der Waals surface area contributed by atoms with E-state index in [0.29, 0.717) is 6.42 Å². The number of carboxylic acid groups (broad SMARTS) is 1. The summed E-state index contributed by atoms with van der Waals surface area (Å²) in [6, 6.07) is 7.60. The molecular formula is C13H19NO2. The van der Waals surface area contributed by atoms with Crippen molar-refractivity contribution in [3.05, 3.63) is 35.4 Å². The van der Waals surface area contributed by atoms with Crippen molar-refractivity contribution in [3.8, 4) is 0 Å². The lowest BCUT2D eigenvalue weighted by atomic mass is 9.76. The van der Waals surface area contributed by atoms with Crippen LogP contribution in [0, 0.1) is 6.92 Å². The summed E-state index contributed by atoms with van der Waals surface area (Å²) in [6.45, 7) is 4.07. The van der Waals surface area contributed by atoms with Gasteiger partial charge in [-0.2, -0.15) is 0 Å². The molecule has 0 aliphatic rings. The summed E-state index contributed by atoms with van der Waals surface area (Å²) >= 11 is 0. The van der Waals surface area contributed by atoms with E-state index in [-0.39, 0.29) is 6.54 Å². The van der Waals surface area contributed by atoms with Gasteiger partial charge in [0.1, 0.15) is 5.41 Å². The molecule has 0 amide bonds. The number of carboxylic acids is 1. The van der Waals surface area contributed by atoms with Gasteiger partial charge in [0, 0.05) is 6.54 Å². The van der Waals surface area contributed by atoms with E-state index in [0.717, 1.165) is 17.5 Å². The third-order valence-electron chi connectivity index (χ3n) is 3.01. The average molecular weight is 221 g/mol. The highest BCUT2D eigenvalue weighted by atomic mass is 16.4. The standard InChI is InChI=1S/C13H19NO2/c1-3-7-13(9-14,12(15)16)11-6-4-5-10(2)8-11/h4-6,8H,3,7,9,14H2,1-2H3,(H,15,16). The zero-order valence-corrected chi connectivity index (χ0v) is 9.86. The Bertz CT molecular complexity index is 376. The normalized spacial score (nSPS) is 14.4. The number of aliphatic carboxylic acids is 1. The topological polar surface area (TPSA) is 63.3 Å². The molecule has 0 bridgehead atoms. The van der Waals surface area contributed by atoms with Crippen LogP contribution in [0.5, 0.6) is 0 Å². The number of nitrogens with two attached hydrogens (primary N) is 1. The number of carbonyl (C=O) groups is 1. The highest BCUT2D eigenvalue weighted by molar-refractivity contribution is 5.81. The second-order valence-electron chi connectivity index (χ2n) is 4.21. The van der Waals surface area contributed by atoms with Crippen molar-refractivity contribution >= 4 is 5.97 Å². The maximum atomic E-state index is 11.5. The Balaban J connectivity index is 3.24. The summed E-state index contributed by atoms with van der Waals surface area (Å²) in [6.07, 6.45) is 1.37. The summed E-state index contributed by atoms with van der Waals surface area (Å²) in [5.74, 6) is -0.831. The Kier molecular flexibility index (Phi) is 4.07. The minimum Gasteiger partial charge on any atom is -0.481 e. The van der Waals surface area contributed by atoms with Crippen LogP contribution >= 0.6 is 0 Å². The summed E-state index contributed by atoms with van der Waals surface area (Å²) < 4.78 is 0. The second-order valence-corrected chi connectivity index (χ2v) is 4.21. The van der Waals surface area contributed by atoms with Gasteiger partial charge >= 0.3 is 5.97 Å². The molecule has 1 atom stereocenters. The van der Waals surface area contributed by atoms with Crippen molar-refractivity contribution in [3.63, 3.8) is 0 Å². The van der Waals surface area contributed by atoms with Crippen molar-refractivity contribution < 1.29 is 9.90 Å².